The maximum Gasteiger partial charge on any atom is 0.167 e. The van der Waals surface area contributed by atoms with Gasteiger partial charge in [0.1, 0.15) is 11.5 Å². The number of pyridine rings is 1. The molecule has 17 heavy (non-hydrogen) atoms. The molecule has 0 saturated carbocycles. The molecule has 6 heteroatoms. The quantitative estimate of drug-likeness (QED) is 0.617. The summed E-state index contributed by atoms with van der Waals surface area (Å²) in [6, 6.07) is 1.92. The highest BCUT2D eigenvalue weighted by Crippen LogP contribution is 2.22. The highest BCUT2D eigenvalue weighted by molar-refractivity contribution is 6.33. The van der Waals surface area contributed by atoms with E-state index in [2.05, 4.69) is 20.1 Å². The molecular formula is C11H8ClN5. The van der Waals surface area contributed by atoms with Crippen molar-refractivity contribution in [1.82, 2.24) is 24.7 Å². The van der Waals surface area contributed by atoms with Crippen molar-refractivity contribution in [3.63, 3.8) is 0 Å². The standard InChI is InChI=1S/C11H8ClN5/c1-7-2-3-13-5-9(7)17-11-8(4-16-17)10(12)14-6-15-11/h2-6H,1H3. The molecule has 0 aliphatic rings. The third-order valence-corrected chi connectivity index (χ3v) is 2.86. The van der Waals surface area contributed by atoms with E-state index >= 15 is 0 Å². The van der Waals surface area contributed by atoms with Gasteiger partial charge in [0.25, 0.3) is 0 Å². The summed E-state index contributed by atoms with van der Waals surface area (Å²) in [7, 11) is 0. The summed E-state index contributed by atoms with van der Waals surface area (Å²) in [4.78, 5) is 12.2. The second-order valence-electron chi connectivity index (χ2n) is 3.62. The lowest BCUT2D eigenvalue weighted by Gasteiger charge is -2.05. The molecule has 0 spiro atoms. The van der Waals surface area contributed by atoms with Crippen LogP contribution in [0.4, 0.5) is 0 Å². The van der Waals surface area contributed by atoms with Crippen molar-refractivity contribution in [2.45, 2.75) is 6.92 Å². The molecule has 0 aliphatic heterocycles. The van der Waals surface area contributed by atoms with E-state index in [4.69, 9.17) is 11.6 Å². The minimum Gasteiger partial charge on any atom is -0.262 e. The van der Waals surface area contributed by atoms with Crippen molar-refractivity contribution in [3.8, 4) is 5.69 Å². The first-order chi connectivity index (χ1) is 8.27. The average Bonchev–Trinajstić information content (AvgIpc) is 2.75. The normalized spacial score (nSPS) is 10.9. The van der Waals surface area contributed by atoms with Crippen LogP contribution in [0.5, 0.6) is 0 Å². The molecule has 0 saturated heterocycles. The minimum absolute atomic E-state index is 0.405. The van der Waals surface area contributed by atoms with Crippen molar-refractivity contribution in [2.24, 2.45) is 0 Å². The largest absolute Gasteiger partial charge is 0.262 e. The molecule has 0 aliphatic carbocycles. The maximum absolute atomic E-state index is 5.98. The number of aromatic nitrogens is 5. The number of aryl methyl sites for hydroxylation is 1. The molecule has 0 N–H and O–H groups in total. The van der Waals surface area contributed by atoms with Gasteiger partial charge >= 0.3 is 0 Å². The van der Waals surface area contributed by atoms with Gasteiger partial charge in [0.2, 0.25) is 0 Å². The molecule has 5 nitrogen and oxygen atoms in total. The summed E-state index contributed by atoms with van der Waals surface area (Å²) in [5.74, 6) is 0. The van der Waals surface area contributed by atoms with Gasteiger partial charge in [-0.05, 0) is 18.6 Å². The van der Waals surface area contributed by atoms with Crippen molar-refractivity contribution < 1.29 is 0 Å². The number of hydrogen-bond donors (Lipinski definition) is 0. The third-order valence-electron chi connectivity index (χ3n) is 2.56. The molecule has 0 bridgehead atoms. The predicted octanol–water partition coefficient (Wildman–Crippen LogP) is 2.17. The Morgan fingerprint density at radius 2 is 2.12 bits per heavy atom. The highest BCUT2D eigenvalue weighted by atomic mass is 35.5. The zero-order valence-corrected chi connectivity index (χ0v) is 9.76. The second kappa shape index (κ2) is 3.78. The van der Waals surface area contributed by atoms with Crippen LogP contribution in [0.25, 0.3) is 16.7 Å². The van der Waals surface area contributed by atoms with Crippen LogP contribution < -0.4 is 0 Å². The van der Waals surface area contributed by atoms with E-state index in [1.807, 2.05) is 13.0 Å². The van der Waals surface area contributed by atoms with E-state index in [0.29, 0.717) is 10.8 Å². The molecule has 0 atom stereocenters. The van der Waals surface area contributed by atoms with E-state index in [1.54, 1.807) is 23.3 Å². The smallest absolute Gasteiger partial charge is 0.167 e. The Kier molecular flexibility index (Phi) is 2.26. The van der Waals surface area contributed by atoms with E-state index in [1.165, 1.54) is 6.33 Å². The monoisotopic (exact) mass is 245 g/mol. The summed E-state index contributed by atoms with van der Waals surface area (Å²) in [6.45, 7) is 1.99. The fourth-order valence-corrected chi connectivity index (χ4v) is 1.85. The highest BCUT2D eigenvalue weighted by Gasteiger charge is 2.10. The molecule has 0 amide bonds. The van der Waals surface area contributed by atoms with Crippen molar-refractivity contribution >= 4 is 22.6 Å². The van der Waals surface area contributed by atoms with Crippen LogP contribution in [0.1, 0.15) is 5.56 Å². The van der Waals surface area contributed by atoms with Gasteiger partial charge in [0, 0.05) is 6.20 Å². The van der Waals surface area contributed by atoms with Gasteiger partial charge in [-0.2, -0.15) is 5.10 Å². The number of hydrogen-bond acceptors (Lipinski definition) is 4. The minimum atomic E-state index is 0.405. The topological polar surface area (TPSA) is 56.5 Å². The fraction of sp³-hybridized carbons (Fsp3) is 0.0909. The summed E-state index contributed by atoms with van der Waals surface area (Å²) in [5.41, 5.74) is 2.64. The SMILES string of the molecule is Cc1ccncc1-n1ncc2c(Cl)ncnc21. The van der Waals surface area contributed by atoms with Gasteiger partial charge in [0.05, 0.1) is 23.5 Å². The molecule has 3 rings (SSSR count). The molecular weight excluding hydrogens is 238 g/mol. The van der Waals surface area contributed by atoms with Gasteiger partial charge < -0.3 is 0 Å². The molecule has 84 valence electrons. The van der Waals surface area contributed by atoms with Crippen LogP contribution in [0.3, 0.4) is 0 Å². The van der Waals surface area contributed by atoms with E-state index in [-0.39, 0.29) is 0 Å². The number of rotatable bonds is 1. The summed E-state index contributed by atoms with van der Waals surface area (Å²) >= 11 is 5.98. The third kappa shape index (κ3) is 1.55. The summed E-state index contributed by atoms with van der Waals surface area (Å²) < 4.78 is 1.71. The number of halogens is 1. The predicted molar refractivity (Wildman–Crippen MR) is 64.2 cm³/mol. The molecule has 0 unspecified atom stereocenters. The van der Waals surface area contributed by atoms with Crippen molar-refractivity contribution in [2.75, 3.05) is 0 Å². The lowest BCUT2D eigenvalue weighted by molar-refractivity contribution is 0.880. The van der Waals surface area contributed by atoms with Crippen LogP contribution >= 0.6 is 11.6 Å². The summed E-state index contributed by atoms with van der Waals surface area (Å²) in [5, 5.41) is 5.42. The molecule has 0 aromatic carbocycles. The Hall–Kier alpha value is -2.01. The van der Waals surface area contributed by atoms with Crippen LogP contribution in [-0.2, 0) is 0 Å². The van der Waals surface area contributed by atoms with Gasteiger partial charge in [-0.25, -0.2) is 14.6 Å². The average molecular weight is 246 g/mol. The van der Waals surface area contributed by atoms with Crippen LogP contribution in [-0.4, -0.2) is 24.7 Å². The zero-order chi connectivity index (χ0) is 11.8. The number of nitrogens with zero attached hydrogens (tertiary/aromatic N) is 5. The molecule has 0 radical (unpaired) electrons. The van der Waals surface area contributed by atoms with Gasteiger partial charge in [-0.1, -0.05) is 11.6 Å². The fourth-order valence-electron chi connectivity index (χ4n) is 1.67. The van der Waals surface area contributed by atoms with Crippen LogP contribution in [0.15, 0.2) is 31.0 Å². The van der Waals surface area contributed by atoms with Gasteiger partial charge in [-0.15, -0.1) is 0 Å². The lowest BCUT2D eigenvalue weighted by atomic mass is 10.2. The molecule has 3 aromatic rings. The first kappa shape index (κ1) is 10.2. The summed E-state index contributed by atoms with van der Waals surface area (Å²) in [6.07, 6.45) is 6.57. The maximum atomic E-state index is 5.98. The van der Waals surface area contributed by atoms with Crippen molar-refractivity contribution in [1.29, 1.82) is 0 Å². The van der Waals surface area contributed by atoms with Crippen LogP contribution in [0.2, 0.25) is 5.15 Å². The molecule has 3 heterocycles. The molecule has 0 fully saturated rings. The zero-order valence-electron chi connectivity index (χ0n) is 9.00. The molecule has 3 aromatic heterocycles. The van der Waals surface area contributed by atoms with E-state index < -0.39 is 0 Å². The Bertz CT molecular complexity index is 691. The van der Waals surface area contributed by atoms with Crippen molar-refractivity contribution in [3.05, 3.63) is 41.7 Å². The second-order valence-corrected chi connectivity index (χ2v) is 3.98. The Morgan fingerprint density at radius 3 is 2.94 bits per heavy atom. The Labute approximate surface area is 102 Å². The van der Waals surface area contributed by atoms with Gasteiger partial charge in [-0.3, -0.25) is 4.98 Å². The van der Waals surface area contributed by atoms with E-state index in [0.717, 1.165) is 16.6 Å². The Balaban J connectivity index is 2.33. The first-order valence-corrected chi connectivity index (χ1v) is 5.40. The number of fused-ring (bicyclic) bond motifs is 1. The lowest BCUT2D eigenvalue weighted by Crippen LogP contribution is -2.00. The van der Waals surface area contributed by atoms with Crippen LogP contribution in [0, 0.1) is 6.92 Å². The van der Waals surface area contributed by atoms with Gasteiger partial charge in [0.15, 0.2) is 5.65 Å². The first-order valence-electron chi connectivity index (χ1n) is 5.02. The van der Waals surface area contributed by atoms with E-state index in [9.17, 15) is 0 Å². The Morgan fingerprint density at radius 1 is 1.24 bits per heavy atom.